The number of fused-ring (bicyclic) bond motifs is 2. The fourth-order valence-corrected chi connectivity index (χ4v) is 3.84. The molecule has 1 saturated heterocycles. The minimum Gasteiger partial charge on any atom is -0.370 e. The first-order valence-electron chi connectivity index (χ1n) is 7.43. The highest BCUT2D eigenvalue weighted by atomic mass is 35.5. The van der Waals surface area contributed by atoms with E-state index in [4.69, 9.17) is 0 Å². The molecule has 3 heteroatoms. The molecule has 0 aromatic heterocycles. The highest BCUT2D eigenvalue weighted by Crippen LogP contribution is 2.47. The molecule has 104 valence electrons. The minimum absolute atomic E-state index is 0. The zero-order valence-corrected chi connectivity index (χ0v) is 12.2. The summed E-state index contributed by atoms with van der Waals surface area (Å²) in [5.74, 6) is 0.981. The quantitative estimate of drug-likeness (QED) is 0.895. The summed E-state index contributed by atoms with van der Waals surface area (Å²) in [5.41, 5.74) is 3.62. The predicted molar refractivity (Wildman–Crippen MR) is 82.4 cm³/mol. The SMILES string of the molecule is Cl.c1ccc2c(c1)N(CC1CC1)CC21CCNCC1. The van der Waals surface area contributed by atoms with E-state index in [1.165, 1.54) is 57.5 Å². The number of halogens is 1. The van der Waals surface area contributed by atoms with Crippen LogP contribution < -0.4 is 10.2 Å². The zero-order chi connectivity index (χ0) is 12.0. The van der Waals surface area contributed by atoms with Gasteiger partial charge in [-0.1, -0.05) is 18.2 Å². The molecule has 1 aromatic carbocycles. The minimum atomic E-state index is 0. The molecular formula is C16H23ClN2. The predicted octanol–water partition coefficient (Wildman–Crippen LogP) is 2.96. The van der Waals surface area contributed by atoms with Gasteiger partial charge in [-0.05, 0) is 56.3 Å². The molecule has 2 nitrogen and oxygen atoms in total. The number of nitrogens with zero attached hydrogens (tertiary/aromatic N) is 1. The number of benzene rings is 1. The Kier molecular flexibility index (Phi) is 3.48. The molecule has 1 spiro atoms. The van der Waals surface area contributed by atoms with Crippen LogP contribution in [0, 0.1) is 5.92 Å². The number of hydrogen-bond acceptors (Lipinski definition) is 2. The van der Waals surface area contributed by atoms with Gasteiger partial charge in [0.05, 0.1) is 0 Å². The summed E-state index contributed by atoms with van der Waals surface area (Å²) in [6.45, 7) is 4.94. The molecule has 0 atom stereocenters. The Bertz CT molecular complexity index is 450. The van der Waals surface area contributed by atoms with Crippen LogP contribution in [0.5, 0.6) is 0 Å². The number of piperidine rings is 1. The molecule has 1 aromatic rings. The topological polar surface area (TPSA) is 15.3 Å². The van der Waals surface area contributed by atoms with Crippen molar-refractivity contribution in [3.63, 3.8) is 0 Å². The van der Waals surface area contributed by atoms with E-state index in [0.29, 0.717) is 5.41 Å². The summed E-state index contributed by atoms with van der Waals surface area (Å²) in [4.78, 5) is 2.68. The van der Waals surface area contributed by atoms with Crippen LogP contribution in [-0.2, 0) is 5.41 Å². The van der Waals surface area contributed by atoms with Crippen LogP contribution in [0.25, 0.3) is 0 Å². The molecule has 1 aliphatic carbocycles. The maximum absolute atomic E-state index is 3.52. The number of para-hydroxylation sites is 1. The Morgan fingerprint density at radius 2 is 1.89 bits per heavy atom. The van der Waals surface area contributed by atoms with Crippen LogP contribution >= 0.6 is 12.4 Å². The van der Waals surface area contributed by atoms with Gasteiger partial charge in [0, 0.05) is 24.2 Å². The Balaban J connectivity index is 0.00000110. The monoisotopic (exact) mass is 278 g/mol. The molecule has 1 saturated carbocycles. The highest BCUT2D eigenvalue weighted by Gasteiger charge is 2.43. The lowest BCUT2D eigenvalue weighted by Gasteiger charge is -2.35. The third-order valence-electron chi connectivity index (χ3n) is 5.05. The lowest BCUT2D eigenvalue weighted by molar-refractivity contribution is 0.324. The Hall–Kier alpha value is -0.730. The molecular weight excluding hydrogens is 256 g/mol. The van der Waals surface area contributed by atoms with Crippen molar-refractivity contribution in [3.8, 4) is 0 Å². The van der Waals surface area contributed by atoms with Crippen molar-refractivity contribution in [1.29, 1.82) is 0 Å². The van der Waals surface area contributed by atoms with E-state index in [1.54, 1.807) is 5.56 Å². The van der Waals surface area contributed by atoms with E-state index in [2.05, 4.69) is 34.5 Å². The van der Waals surface area contributed by atoms with Gasteiger partial charge in [0.15, 0.2) is 0 Å². The van der Waals surface area contributed by atoms with Gasteiger partial charge >= 0.3 is 0 Å². The highest BCUT2D eigenvalue weighted by molar-refractivity contribution is 5.85. The molecule has 0 amide bonds. The first kappa shape index (κ1) is 13.3. The zero-order valence-electron chi connectivity index (χ0n) is 11.4. The van der Waals surface area contributed by atoms with Crippen LogP contribution in [-0.4, -0.2) is 26.2 Å². The van der Waals surface area contributed by atoms with Crippen LogP contribution in [0.2, 0.25) is 0 Å². The van der Waals surface area contributed by atoms with E-state index in [0.717, 1.165) is 5.92 Å². The van der Waals surface area contributed by atoms with Gasteiger partial charge in [-0.3, -0.25) is 0 Å². The molecule has 19 heavy (non-hydrogen) atoms. The van der Waals surface area contributed by atoms with Crippen LogP contribution in [0.1, 0.15) is 31.2 Å². The Morgan fingerprint density at radius 3 is 2.63 bits per heavy atom. The van der Waals surface area contributed by atoms with Gasteiger partial charge in [-0.2, -0.15) is 0 Å². The normalized spacial score (nSPS) is 24.1. The van der Waals surface area contributed by atoms with Crippen molar-refractivity contribution in [2.45, 2.75) is 31.1 Å². The van der Waals surface area contributed by atoms with Crippen LogP contribution in [0.4, 0.5) is 5.69 Å². The van der Waals surface area contributed by atoms with Crippen molar-refractivity contribution in [2.75, 3.05) is 31.1 Å². The second-order valence-corrected chi connectivity index (χ2v) is 6.37. The standard InChI is InChI=1S/C16H22N2.ClH/c1-2-4-15-14(3-1)16(7-9-17-10-8-16)12-18(15)11-13-5-6-13;/h1-4,13,17H,5-12H2;1H. The Morgan fingerprint density at radius 1 is 1.16 bits per heavy atom. The van der Waals surface area contributed by atoms with Gasteiger partial charge in [-0.15, -0.1) is 12.4 Å². The van der Waals surface area contributed by atoms with E-state index >= 15 is 0 Å². The molecule has 3 aliphatic rings. The summed E-state index contributed by atoms with van der Waals surface area (Å²) < 4.78 is 0. The van der Waals surface area contributed by atoms with Gasteiger partial charge in [0.1, 0.15) is 0 Å². The molecule has 0 bridgehead atoms. The largest absolute Gasteiger partial charge is 0.370 e. The van der Waals surface area contributed by atoms with Crippen LogP contribution in [0.15, 0.2) is 24.3 Å². The molecule has 1 N–H and O–H groups in total. The number of rotatable bonds is 2. The molecule has 2 aliphatic heterocycles. The van der Waals surface area contributed by atoms with E-state index in [9.17, 15) is 0 Å². The average molecular weight is 279 g/mol. The summed E-state index contributed by atoms with van der Waals surface area (Å²) in [7, 11) is 0. The fourth-order valence-electron chi connectivity index (χ4n) is 3.84. The molecule has 2 heterocycles. The second kappa shape index (κ2) is 4.99. The first-order valence-corrected chi connectivity index (χ1v) is 7.43. The third kappa shape index (κ3) is 2.25. The van der Waals surface area contributed by atoms with E-state index in [-0.39, 0.29) is 12.4 Å². The van der Waals surface area contributed by atoms with Crippen LogP contribution in [0.3, 0.4) is 0 Å². The van der Waals surface area contributed by atoms with Gasteiger partial charge < -0.3 is 10.2 Å². The van der Waals surface area contributed by atoms with Crippen molar-refractivity contribution >= 4 is 18.1 Å². The van der Waals surface area contributed by atoms with Crippen molar-refractivity contribution in [3.05, 3.63) is 29.8 Å². The Labute approximate surface area is 122 Å². The smallest absolute Gasteiger partial charge is 0.0405 e. The molecule has 2 fully saturated rings. The molecule has 0 unspecified atom stereocenters. The molecule has 0 radical (unpaired) electrons. The lowest BCUT2D eigenvalue weighted by Crippen LogP contribution is -2.43. The number of nitrogens with one attached hydrogen (secondary N) is 1. The number of anilines is 1. The maximum Gasteiger partial charge on any atom is 0.0405 e. The van der Waals surface area contributed by atoms with E-state index in [1.807, 2.05) is 0 Å². The second-order valence-electron chi connectivity index (χ2n) is 6.37. The van der Waals surface area contributed by atoms with Crippen molar-refractivity contribution in [1.82, 2.24) is 5.32 Å². The summed E-state index contributed by atoms with van der Waals surface area (Å²) in [6.07, 6.45) is 5.52. The maximum atomic E-state index is 3.52. The first-order chi connectivity index (χ1) is 8.87. The average Bonchev–Trinajstić information content (AvgIpc) is 3.18. The van der Waals surface area contributed by atoms with Gasteiger partial charge in [-0.25, -0.2) is 0 Å². The van der Waals surface area contributed by atoms with Gasteiger partial charge in [0.25, 0.3) is 0 Å². The van der Waals surface area contributed by atoms with Crippen molar-refractivity contribution in [2.24, 2.45) is 5.92 Å². The van der Waals surface area contributed by atoms with E-state index < -0.39 is 0 Å². The summed E-state index contributed by atoms with van der Waals surface area (Å²) in [6, 6.07) is 9.16. The summed E-state index contributed by atoms with van der Waals surface area (Å²) >= 11 is 0. The third-order valence-corrected chi connectivity index (χ3v) is 5.05. The van der Waals surface area contributed by atoms with Crippen molar-refractivity contribution < 1.29 is 0 Å². The number of hydrogen-bond donors (Lipinski definition) is 1. The lowest BCUT2D eigenvalue weighted by atomic mass is 9.75. The summed E-state index contributed by atoms with van der Waals surface area (Å²) in [5, 5.41) is 3.52. The fraction of sp³-hybridized carbons (Fsp3) is 0.625. The molecule has 4 rings (SSSR count). The van der Waals surface area contributed by atoms with Gasteiger partial charge in [0.2, 0.25) is 0 Å².